The number of phenolic OH excluding ortho intramolecular Hbond substituents is 1. The van der Waals surface area contributed by atoms with Gasteiger partial charge in [-0.3, -0.25) is 4.79 Å². The number of rotatable bonds is 5. The number of halogens is 3. The van der Waals surface area contributed by atoms with Crippen molar-refractivity contribution in [1.82, 2.24) is 0 Å². The molecular weight excluding hydrogens is 399 g/mol. The molecule has 0 radical (unpaired) electrons. The Morgan fingerprint density at radius 2 is 2.04 bits per heavy atom. The first kappa shape index (κ1) is 19.9. The van der Waals surface area contributed by atoms with Gasteiger partial charge in [-0.2, -0.15) is 5.26 Å². The van der Waals surface area contributed by atoms with Crippen LogP contribution >= 0.6 is 34.8 Å². The number of carbonyl (C=O) groups excluding carboxylic acids is 1. The summed E-state index contributed by atoms with van der Waals surface area (Å²) in [6, 6.07) is 9.46. The molecule has 26 heavy (non-hydrogen) atoms. The highest BCUT2D eigenvalue weighted by atomic mass is 35.5. The van der Waals surface area contributed by atoms with Crippen molar-refractivity contribution in [3.05, 3.63) is 56.5 Å². The molecule has 0 unspecified atom stereocenters. The molecule has 1 amide bonds. The quantitative estimate of drug-likeness (QED) is 0.517. The molecule has 5 nitrogen and oxygen atoms in total. The van der Waals surface area contributed by atoms with Crippen LogP contribution in [0.4, 0.5) is 5.69 Å². The van der Waals surface area contributed by atoms with Gasteiger partial charge in [0.1, 0.15) is 11.6 Å². The molecular formula is C18H13Cl3N2O3. The fourth-order valence-electron chi connectivity index (χ4n) is 2.05. The van der Waals surface area contributed by atoms with Crippen molar-refractivity contribution in [3.63, 3.8) is 0 Å². The van der Waals surface area contributed by atoms with Gasteiger partial charge >= 0.3 is 0 Å². The van der Waals surface area contributed by atoms with Gasteiger partial charge in [0.2, 0.25) is 0 Å². The van der Waals surface area contributed by atoms with Crippen LogP contribution in [0.2, 0.25) is 15.1 Å². The van der Waals surface area contributed by atoms with Crippen molar-refractivity contribution in [1.29, 1.82) is 5.26 Å². The van der Waals surface area contributed by atoms with E-state index in [9.17, 15) is 15.2 Å². The number of phenols is 1. The third kappa shape index (κ3) is 4.61. The number of benzene rings is 2. The summed E-state index contributed by atoms with van der Waals surface area (Å²) in [4.78, 5) is 12.4. The highest BCUT2D eigenvalue weighted by Crippen LogP contribution is 2.36. The van der Waals surface area contributed by atoms with Gasteiger partial charge in [0.05, 0.1) is 27.4 Å². The van der Waals surface area contributed by atoms with Gasteiger partial charge < -0.3 is 15.2 Å². The number of hydrogen-bond acceptors (Lipinski definition) is 4. The summed E-state index contributed by atoms with van der Waals surface area (Å²) in [5.74, 6) is -0.722. The number of ether oxygens (including phenoxy) is 1. The first-order valence-corrected chi connectivity index (χ1v) is 8.53. The largest absolute Gasteiger partial charge is 0.503 e. The molecule has 0 aliphatic heterocycles. The third-order valence-corrected chi connectivity index (χ3v) is 4.33. The lowest BCUT2D eigenvalue weighted by atomic mass is 10.1. The molecule has 0 atom stereocenters. The summed E-state index contributed by atoms with van der Waals surface area (Å²) in [6.07, 6.45) is 1.32. The predicted molar refractivity (Wildman–Crippen MR) is 103 cm³/mol. The maximum Gasteiger partial charge on any atom is 0.266 e. The van der Waals surface area contributed by atoms with E-state index in [-0.39, 0.29) is 37.8 Å². The first-order valence-electron chi connectivity index (χ1n) is 7.39. The molecule has 0 spiro atoms. The highest BCUT2D eigenvalue weighted by molar-refractivity contribution is 6.44. The Balaban J connectivity index is 2.34. The molecule has 134 valence electrons. The fourth-order valence-corrected chi connectivity index (χ4v) is 2.61. The molecule has 2 aromatic carbocycles. The van der Waals surface area contributed by atoms with Crippen molar-refractivity contribution >= 4 is 52.5 Å². The van der Waals surface area contributed by atoms with E-state index in [2.05, 4.69) is 5.32 Å². The van der Waals surface area contributed by atoms with Gasteiger partial charge in [-0.05, 0) is 42.8 Å². The van der Waals surface area contributed by atoms with Gasteiger partial charge in [-0.1, -0.05) is 40.9 Å². The molecule has 8 heteroatoms. The van der Waals surface area contributed by atoms with Crippen molar-refractivity contribution in [3.8, 4) is 17.6 Å². The van der Waals surface area contributed by atoms with Gasteiger partial charge in [-0.25, -0.2) is 0 Å². The van der Waals surface area contributed by atoms with Crippen LogP contribution in [0.5, 0.6) is 11.5 Å². The van der Waals surface area contributed by atoms with E-state index < -0.39 is 5.91 Å². The van der Waals surface area contributed by atoms with Crippen molar-refractivity contribution in [2.45, 2.75) is 6.92 Å². The second-order valence-corrected chi connectivity index (χ2v) is 6.20. The number of aromatic hydroxyl groups is 1. The number of nitriles is 1. The Kier molecular flexibility index (Phi) is 6.76. The number of nitrogens with zero attached hydrogens (tertiary/aromatic N) is 1. The summed E-state index contributed by atoms with van der Waals surface area (Å²) in [5, 5.41) is 22.2. The van der Waals surface area contributed by atoms with Gasteiger partial charge in [0.25, 0.3) is 5.91 Å². The highest BCUT2D eigenvalue weighted by Gasteiger charge is 2.14. The SMILES string of the molecule is CCOc1cc(/C=C(/C#N)C(=O)Nc2cccc(Cl)c2Cl)cc(Cl)c1O. The smallest absolute Gasteiger partial charge is 0.266 e. The minimum atomic E-state index is -0.668. The zero-order valence-corrected chi connectivity index (χ0v) is 15.8. The van der Waals surface area contributed by atoms with E-state index in [1.54, 1.807) is 25.1 Å². The van der Waals surface area contributed by atoms with Crippen LogP contribution in [0.3, 0.4) is 0 Å². The van der Waals surface area contributed by atoms with Crippen molar-refractivity contribution in [2.24, 2.45) is 0 Å². The van der Waals surface area contributed by atoms with Gasteiger partial charge in [0.15, 0.2) is 11.5 Å². The Labute approximate surface area is 165 Å². The zero-order valence-electron chi connectivity index (χ0n) is 13.5. The molecule has 0 aliphatic rings. The first-order chi connectivity index (χ1) is 12.4. The number of carbonyl (C=O) groups is 1. The standard InChI is InChI=1S/C18H13Cl3N2O3/c1-2-26-15-8-10(7-13(20)17(15)24)6-11(9-22)18(25)23-14-5-3-4-12(19)16(14)21/h3-8,24H,2H2,1H3,(H,23,25)/b11-6-. The average Bonchev–Trinajstić information content (AvgIpc) is 2.61. The van der Waals surface area contributed by atoms with E-state index in [1.807, 2.05) is 6.07 Å². The molecule has 0 saturated carbocycles. The Hall–Kier alpha value is -2.39. The molecule has 0 heterocycles. The third-order valence-electron chi connectivity index (χ3n) is 3.23. The fraction of sp³-hybridized carbons (Fsp3) is 0.111. The van der Waals surface area contributed by atoms with Crippen molar-refractivity contribution in [2.75, 3.05) is 11.9 Å². The lowest BCUT2D eigenvalue weighted by molar-refractivity contribution is -0.112. The van der Waals surface area contributed by atoms with Crippen LogP contribution in [-0.2, 0) is 4.79 Å². The van der Waals surface area contributed by atoms with E-state index >= 15 is 0 Å². The predicted octanol–water partition coefficient (Wildman–Crippen LogP) is 5.30. The molecule has 0 fully saturated rings. The van der Waals surface area contributed by atoms with Crippen LogP contribution in [0.15, 0.2) is 35.9 Å². The lowest BCUT2D eigenvalue weighted by Crippen LogP contribution is -2.13. The Bertz CT molecular complexity index is 921. The normalized spacial score (nSPS) is 11.0. The maximum absolute atomic E-state index is 12.4. The number of anilines is 1. The van der Waals surface area contributed by atoms with Gasteiger partial charge in [0, 0.05) is 0 Å². The topological polar surface area (TPSA) is 82.3 Å². The second kappa shape index (κ2) is 8.81. The van der Waals surface area contributed by atoms with E-state index in [0.717, 1.165) is 0 Å². The van der Waals surface area contributed by atoms with E-state index in [1.165, 1.54) is 18.2 Å². The Morgan fingerprint density at radius 3 is 2.69 bits per heavy atom. The molecule has 0 bridgehead atoms. The van der Waals surface area contributed by atoms with Gasteiger partial charge in [-0.15, -0.1) is 0 Å². The summed E-state index contributed by atoms with van der Waals surface area (Å²) >= 11 is 17.9. The van der Waals surface area contributed by atoms with Crippen molar-refractivity contribution < 1.29 is 14.6 Å². The van der Waals surface area contributed by atoms with Crippen LogP contribution in [0.25, 0.3) is 6.08 Å². The molecule has 0 aromatic heterocycles. The monoisotopic (exact) mass is 410 g/mol. The summed E-state index contributed by atoms with van der Waals surface area (Å²) in [5.41, 5.74) is 0.509. The molecule has 0 saturated heterocycles. The molecule has 2 rings (SSSR count). The summed E-state index contributed by atoms with van der Waals surface area (Å²) in [7, 11) is 0. The van der Waals surface area contributed by atoms with Crippen LogP contribution < -0.4 is 10.1 Å². The number of nitrogens with one attached hydrogen (secondary N) is 1. The molecule has 2 N–H and O–H groups in total. The second-order valence-electron chi connectivity index (χ2n) is 5.01. The van der Waals surface area contributed by atoms with E-state index in [4.69, 9.17) is 39.5 Å². The van der Waals surface area contributed by atoms with Crippen LogP contribution in [0.1, 0.15) is 12.5 Å². The average molecular weight is 412 g/mol. The Morgan fingerprint density at radius 1 is 1.31 bits per heavy atom. The number of amides is 1. The molecule has 0 aliphatic carbocycles. The number of hydrogen-bond donors (Lipinski definition) is 2. The summed E-state index contributed by atoms with van der Waals surface area (Å²) in [6.45, 7) is 2.06. The van der Waals surface area contributed by atoms with Crippen LogP contribution in [-0.4, -0.2) is 17.6 Å². The minimum Gasteiger partial charge on any atom is -0.503 e. The van der Waals surface area contributed by atoms with Crippen LogP contribution in [0, 0.1) is 11.3 Å². The maximum atomic E-state index is 12.4. The molecule has 2 aromatic rings. The minimum absolute atomic E-state index is 0.0396. The lowest BCUT2D eigenvalue weighted by Gasteiger charge is -2.09. The zero-order chi connectivity index (χ0) is 19.3. The summed E-state index contributed by atoms with van der Waals surface area (Å²) < 4.78 is 5.28. The van der Waals surface area contributed by atoms with E-state index in [0.29, 0.717) is 12.2 Å².